The van der Waals surface area contributed by atoms with Crippen LogP contribution in [0.1, 0.15) is 18.4 Å². The molecule has 0 aliphatic carbocycles. The fraction of sp³-hybridized carbons (Fsp3) is 0.263. The van der Waals surface area contributed by atoms with E-state index in [4.69, 9.17) is 4.74 Å². The number of anilines is 1. The minimum absolute atomic E-state index is 0.0142. The Labute approximate surface area is 154 Å². The molecule has 0 unspecified atom stereocenters. The molecule has 0 aliphatic heterocycles. The van der Waals surface area contributed by atoms with E-state index in [1.54, 1.807) is 11.4 Å². The molecule has 0 saturated carbocycles. The number of carbonyl (C=O) groups is 2. The molecule has 2 rings (SSSR count). The second-order valence-corrected chi connectivity index (χ2v) is 5.69. The number of halogens is 3. The van der Waals surface area contributed by atoms with Gasteiger partial charge in [0.1, 0.15) is 5.75 Å². The average molecular weight is 380 g/mol. The predicted molar refractivity (Wildman–Crippen MR) is 94.1 cm³/mol. The molecule has 2 amide bonds. The quantitative estimate of drug-likeness (QED) is 0.687. The molecule has 0 aliphatic rings. The van der Waals surface area contributed by atoms with Gasteiger partial charge in [0.15, 0.2) is 0 Å². The summed E-state index contributed by atoms with van der Waals surface area (Å²) >= 11 is 0. The second kappa shape index (κ2) is 9.61. The van der Waals surface area contributed by atoms with Crippen molar-refractivity contribution >= 4 is 17.5 Å². The molecule has 0 spiro atoms. The van der Waals surface area contributed by atoms with E-state index in [-0.39, 0.29) is 24.6 Å². The topological polar surface area (TPSA) is 67.4 Å². The van der Waals surface area contributed by atoms with Crippen LogP contribution in [-0.4, -0.2) is 24.6 Å². The van der Waals surface area contributed by atoms with Crippen molar-refractivity contribution in [3.8, 4) is 5.75 Å². The van der Waals surface area contributed by atoms with Crippen molar-refractivity contribution in [3.05, 3.63) is 60.2 Å². The van der Waals surface area contributed by atoms with Gasteiger partial charge in [-0.2, -0.15) is 13.2 Å². The van der Waals surface area contributed by atoms with Crippen molar-refractivity contribution in [2.45, 2.75) is 25.6 Å². The normalized spacial score (nSPS) is 10.9. The van der Waals surface area contributed by atoms with E-state index < -0.39 is 12.1 Å². The number of carbonyl (C=O) groups excluding carboxylic acids is 2. The number of amides is 2. The van der Waals surface area contributed by atoms with Gasteiger partial charge in [0.2, 0.25) is 5.91 Å². The summed E-state index contributed by atoms with van der Waals surface area (Å²) < 4.78 is 42.3. The SMILES string of the molecule is O=C(CCCOc1ccccc1)NCc1cccc(NC(=O)C(F)(F)F)c1. The van der Waals surface area contributed by atoms with E-state index in [1.807, 2.05) is 30.3 Å². The van der Waals surface area contributed by atoms with Crippen LogP contribution in [0.15, 0.2) is 54.6 Å². The van der Waals surface area contributed by atoms with Crippen molar-refractivity contribution in [2.24, 2.45) is 0 Å². The summed E-state index contributed by atoms with van der Waals surface area (Å²) in [6.07, 6.45) is -4.16. The zero-order chi connectivity index (χ0) is 19.7. The van der Waals surface area contributed by atoms with E-state index in [2.05, 4.69) is 5.32 Å². The van der Waals surface area contributed by atoms with Gasteiger partial charge in [0, 0.05) is 18.7 Å². The monoisotopic (exact) mass is 380 g/mol. The number of hydrogen-bond donors (Lipinski definition) is 2. The smallest absolute Gasteiger partial charge is 0.471 e. The Morgan fingerprint density at radius 3 is 2.44 bits per heavy atom. The van der Waals surface area contributed by atoms with Gasteiger partial charge in [-0.3, -0.25) is 9.59 Å². The first-order valence-electron chi connectivity index (χ1n) is 8.26. The number of ether oxygens (including phenoxy) is 1. The first-order chi connectivity index (χ1) is 12.8. The largest absolute Gasteiger partial charge is 0.494 e. The van der Waals surface area contributed by atoms with Gasteiger partial charge in [-0.05, 0) is 36.2 Å². The molecule has 8 heteroatoms. The third-order valence-electron chi connectivity index (χ3n) is 3.49. The molecular formula is C19H19F3N2O3. The molecule has 2 aromatic carbocycles. The summed E-state index contributed by atoms with van der Waals surface area (Å²) in [6.45, 7) is 0.546. The van der Waals surface area contributed by atoms with Gasteiger partial charge in [-0.15, -0.1) is 0 Å². The first-order valence-corrected chi connectivity index (χ1v) is 8.26. The van der Waals surface area contributed by atoms with Crippen molar-refractivity contribution in [1.29, 1.82) is 0 Å². The number of hydrogen-bond acceptors (Lipinski definition) is 3. The molecule has 27 heavy (non-hydrogen) atoms. The van der Waals surface area contributed by atoms with E-state index in [1.165, 1.54) is 18.2 Å². The minimum atomic E-state index is -4.95. The van der Waals surface area contributed by atoms with Crippen LogP contribution >= 0.6 is 0 Å². The summed E-state index contributed by atoms with van der Waals surface area (Å²) in [6, 6.07) is 15.1. The van der Waals surface area contributed by atoms with E-state index in [0.29, 0.717) is 18.6 Å². The molecular weight excluding hydrogens is 361 g/mol. The van der Waals surface area contributed by atoms with Crippen LogP contribution in [0.4, 0.5) is 18.9 Å². The third-order valence-corrected chi connectivity index (χ3v) is 3.49. The lowest BCUT2D eigenvalue weighted by atomic mass is 10.2. The maximum Gasteiger partial charge on any atom is 0.471 e. The number of nitrogens with one attached hydrogen (secondary N) is 2. The van der Waals surface area contributed by atoms with Crippen LogP contribution in [-0.2, 0) is 16.1 Å². The Balaban J connectivity index is 1.71. The number of para-hydroxylation sites is 1. The summed E-state index contributed by atoms with van der Waals surface area (Å²) in [5, 5.41) is 4.45. The standard InChI is InChI=1S/C19H19F3N2O3/c20-19(21,22)18(26)24-15-7-4-6-14(12-15)13-23-17(25)10-5-11-27-16-8-2-1-3-9-16/h1-4,6-9,12H,5,10-11,13H2,(H,23,25)(H,24,26). The van der Waals surface area contributed by atoms with Gasteiger partial charge < -0.3 is 15.4 Å². The van der Waals surface area contributed by atoms with Gasteiger partial charge in [-0.25, -0.2) is 0 Å². The van der Waals surface area contributed by atoms with Crippen LogP contribution in [0.3, 0.4) is 0 Å². The third kappa shape index (κ3) is 7.39. The lowest BCUT2D eigenvalue weighted by Crippen LogP contribution is -2.30. The fourth-order valence-electron chi connectivity index (χ4n) is 2.19. The van der Waals surface area contributed by atoms with Gasteiger partial charge in [-0.1, -0.05) is 30.3 Å². The molecule has 5 nitrogen and oxygen atoms in total. The van der Waals surface area contributed by atoms with Gasteiger partial charge >= 0.3 is 12.1 Å². The Morgan fingerprint density at radius 2 is 1.74 bits per heavy atom. The lowest BCUT2D eigenvalue weighted by molar-refractivity contribution is -0.167. The minimum Gasteiger partial charge on any atom is -0.494 e. The van der Waals surface area contributed by atoms with Gasteiger partial charge in [0.25, 0.3) is 0 Å². The van der Waals surface area contributed by atoms with Crippen LogP contribution in [0.25, 0.3) is 0 Å². The van der Waals surface area contributed by atoms with Crippen molar-refractivity contribution < 1.29 is 27.5 Å². The van der Waals surface area contributed by atoms with Crippen molar-refractivity contribution in [3.63, 3.8) is 0 Å². The molecule has 0 saturated heterocycles. The highest BCUT2D eigenvalue weighted by Crippen LogP contribution is 2.19. The molecule has 0 heterocycles. The Bertz CT molecular complexity index is 764. The van der Waals surface area contributed by atoms with E-state index in [0.717, 1.165) is 5.75 Å². The summed E-state index contributed by atoms with van der Waals surface area (Å²) in [5.41, 5.74) is 0.587. The summed E-state index contributed by atoms with van der Waals surface area (Å²) in [4.78, 5) is 22.8. The van der Waals surface area contributed by atoms with Crippen LogP contribution in [0.2, 0.25) is 0 Å². The van der Waals surface area contributed by atoms with Crippen molar-refractivity contribution in [2.75, 3.05) is 11.9 Å². The molecule has 0 atom stereocenters. The predicted octanol–water partition coefficient (Wildman–Crippen LogP) is 3.66. The zero-order valence-corrected chi connectivity index (χ0v) is 14.4. The highest BCUT2D eigenvalue weighted by Gasteiger charge is 2.38. The molecule has 0 bridgehead atoms. The first kappa shape index (κ1) is 20.3. The molecule has 2 aromatic rings. The van der Waals surface area contributed by atoms with Crippen LogP contribution in [0, 0.1) is 0 Å². The second-order valence-electron chi connectivity index (χ2n) is 5.69. The highest BCUT2D eigenvalue weighted by molar-refractivity contribution is 5.94. The highest BCUT2D eigenvalue weighted by atomic mass is 19.4. The zero-order valence-electron chi connectivity index (χ0n) is 14.4. The Morgan fingerprint density at radius 1 is 1.00 bits per heavy atom. The summed E-state index contributed by atoms with van der Waals surface area (Å²) in [5.74, 6) is -1.51. The molecule has 0 radical (unpaired) electrons. The van der Waals surface area contributed by atoms with Crippen LogP contribution in [0.5, 0.6) is 5.75 Å². The molecule has 0 fully saturated rings. The van der Waals surface area contributed by atoms with Gasteiger partial charge in [0.05, 0.1) is 6.61 Å². The fourth-order valence-corrected chi connectivity index (χ4v) is 2.19. The number of rotatable bonds is 8. The number of alkyl halides is 3. The average Bonchev–Trinajstić information content (AvgIpc) is 2.64. The Hall–Kier alpha value is -3.03. The molecule has 2 N–H and O–H groups in total. The van der Waals surface area contributed by atoms with E-state index >= 15 is 0 Å². The van der Waals surface area contributed by atoms with Crippen LogP contribution < -0.4 is 15.4 Å². The number of benzene rings is 2. The summed E-state index contributed by atoms with van der Waals surface area (Å²) in [7, 11) is 0. The van der Waals surface area contributed by atoms with E-state index in [9.17, 15) is 22.8 Å². The lowest BCUT2D eigenvalue weighted by Gasteiger charge is -2.10. The molecule has 0 aromatic heterocycles. The van der Waals surface area contributed by atoms with Crippen molar-refractivity contribution in [1.82, 2.24) is 5.32 Å². The molecule has 144 valence electrons. The maximum atomic E-state index is 12.3. The Kier molecular flexibility index (Phi) is 7.22. The maximum absolute atomic E-state index is 12.3.